The van der Waals surface area contributed by atoms with Gasteiger partial charge < -0.3 is 14.8 Å². The lowest BCUT2D eigenvalue weighted by atomic mass is 10.1. The van der Waals surface area contributed by atoms with E-state index in [4.69, 9.17) is 21.1 Å². The van der Waals surface area contributed by atoms with Crippen molar-refractivity contribution in [2.45, 2.75) is 19.9 Å². The molecule has 7 nitrogen and oxygen atoms in total. The highest BCUT2D eigenvalue weighted by atomic mass is 35.5. The number of hydrogen-bond donors (Lipinski definition) is 1. The lowest BCUT2D eigenvalue weighted by Gasteiger charge is -2.13. The van der Waals surface area contributed by atoms with Crippen molar-refractivity contribution >= 4 is 52.2 Å². The molecule has 0 radical (unpaired) electrons. The first-order chi connectivity index (χ1) is 17.9. The lowest BCUT2D eigenvalue weighted by Crippen LogP contribution is -2.27. The average Bonchev–Trinajstić information content (AvgIpc) is 3.16. The smallest absolute Gasteiger partial charge is 0.293 e. The predicted molar refractivity (Wildman–Crippen MR) is 146 cm³/mol. The first-order valence-electron chi connectivity index (χ1n) is 11.6. The molecule has 1 heterocycles. The van der Waals surface area contributed by atoms with Crippen molar-refractivity contribution in [3.8, 4) is 11.5 Å². The molecule has 1 N–H and O–H groups in total. The van der Waals surface area contributed by atoms with E-state index in [1.54, 1.807) is 48.5 Å². The summed E-state index contributed by atoms with van der Waals surface area (Å²) in [4.78, 5) is 39.1. The summed E-state index contributed by atoms with van der Waals surface area (Å²) in [5, 5.41) is 3.04. The molecular formula is C28H25ClN2O5S. The van der Waals surface area contributed by atoms with Crippen molar-refractivity contribution in [3.05, 3.63) is 93.3 Å². The molecule has 37 heavy (non-hydrogen) atoms. The Morgan fingerprint density at radius 3 is 2.38 bits per heavy atom. The van der Waals surface area contributed by atoms with Crippen molar-refractivity contribution < 1.29 is 23.9 Å². The Labute approximate surface area is 224 Å². The maximum Gasteiger partial charge on any atom is 0.293 e. The fourth-order valence-corrected chi connectivity index (χ4v) is 4.58. The van der Waals surface area contributed by atoms with Crippen molar-refractivity contribution in [1.29, 1.82) is 0 Å². The van der Waals surface area contributed by atoms with Crippen LogP contribution in [0.4, 0.5) is 10.5 Å². The molecule has 0 aromatic heterocycles. The van der Waals surface area contributed by atoms with E-state index in [2.05, 4.69) is 12.2 Å². The Balaban J connectivity index is 1.39. The molecule has 1 fully saturated rings. The minimum atomic E-state index is -0.368. The summed E-state index contributed by atoms with van der Waals surface area (Å²) < 4.78 is 11.1. The fraction of sp³-hybridized carbons (Fsp3) is 0.179. The summed E-state index contributed by atoms with van der Waals surface area (Å²) in [7, 11) is 1.49. The molecule has 9 heteroatoms. The third kappa shape index (κ3) is 6.72. The third-order valence-corrected chi connectivity index (χ3v) is 6.78. The van der Waals surface area contributed by atoms with Gasteiger partial charge in [0.15, 0.2) is 18.1 Å². The molecule has 0 aliphatic carbocycles. The van der Waals surface area contributed by atoms with Crippen LogP contribution in [-0.4, -0.2) is 35.7 Å². The van der Waals surface area contributed by atoms with Crippen LogP contribution in [0.2, 0.25) is 5.02 Å². The van der Waals surface area contributed by atoms with Gasteiger partial charge in [0, 0.05) is 10.7 Å². The molecule has 190 valence electrons. The van der Waals surface area contributed by atoms with E-state index in [9.17, 15) is 14.4 Å². The van der Waals surface area contributed by atoms with Gasteiger partial charge in [-0.2, -0.15) is 0 Å². The number of carbonyl (C=O) groups is 3. The van der Waals surface area contributed by atoms with Crippen LogP contribution in [0.25, 0.3) is 6.08 Å². The van der Waals surface area contributed by atoms with Crippen molar-refractivity contribution in [2.24, 2.45) is 0 Å². The Morgan fingerprint density at radius 2 is 1.70 bits per heavy atom. The predicted octanol–water partition coefficient (Wildman–Crippen LogP) is 6.17. The van der Waals surface area contributed by atoms with Crippen LogP contribution in [0.1, 0.15) is 23.6 Å². The number of halogens is 1. The van der Waals surface area contributed by atoms with Crippen LogP contribution < -0.4 is 14.8 Å². The largest absolute Gasteiger partial charge is 0.493 e. The van der Waals surface area contributed by atoms with Crippen LogP contribution in [0, 0.1) is 0 Å². The molecule has 3 aromatic carbocycles. The summed E-state index contributed by atoms with van der Waals surface area (Å²) in [5.74, 6) is 0.110. The number of carbonyl (C=O) groups excluding carboxylic acids is 3. The Morgan fingerprint density at radius 1 is 1.00 bits per heavy atom. The van der Waals surface area contributed by atoms with Crippen LogP contribution in [-0.2, 0) is 22.6 Å². The first-order valence-corrected chi connectivity index (χ1v) is 12.7. The summed E-state index contributed by atoms with van der Waals surface area (Å²) in [6, 6.07) is 19.7. The van der Waals surface area contributed by atoms with Crippen molar-refractivity contribution in [1.82, 2.24) is 4.90 Å². The van der Waals surface area contributed by atoms with E-state index in [1.165, 1.54) is 17.6 Å². The van der Waals surface area contributed by atoms with Gasteiger partial charge in [-0.15, -0.1) is 0 Å². The van der Waals surface area contributed by atoms with E-state index in [1.807, 2.05) is 24.3 Å². The molecule has 3 aromatic rings. The van der Waals surface area contributed by atoms with Crippen LogP contribution >= 0.6 is 23.4 Å². The second-order valence-corrected chi connectivity index (χ2v) is 9.62. The molecule has 0 atom stereocenters. The van der Waals surface area contributed by atoms with Gasteiger partial charge in [-0.3, -0.25) is 19.3 Å². The Bertz CT molecular complexity index is 1340. The number of amides is 3. The average molecular weight is 537 g/mol. The van der Waals surface area contributed by atoms with Gasteiger partial charge in [0.05, 0.1) is 18.6 Å². The molecule has 1 aliphatic heterocycles. The standard InChI is InChI=1S/C28H25ClN2O5S/c1-3-18-6-11-22(12-7-18)30-26(32)17-36-23-13-8-20(14-24(23)35-2)15-25-27(33)31(28(34)37-25)16-19-4-9-21(29)10-5-19/h4-15H,3,16-17H2,1-2H3,(H,30,32)/b25-15-. The number of rotatable bonds is 9. The number of thioether (sulfide) groups is 1. The van der Waals surface area contributed by atoms with Gasteiger partial charge in [0.25, 0.3) is 17.1 Å². The van der Waals surface area contributed by atoms with Gasteiger partial charge in [0.2, 0.25) is 0 Å². The normalized spacial score (nSPS) is 14.2. The number of benzene rings is 3. The molecule has 4 rings (SSSR count). The highest BCUT2D eigenvalue weighted by Crippen LogP contribution is 2.35. The molecule has 1 saturated heterocycles. The minimum absolute atomic E-state index is 0.167. The zero-order valence-electron chi connectivity index (χ0n) is 20.3. The van der Waals surface area contributed by atoms with Gasteiger partial charge >= 0.3 is 0 Å². The third-order valence-electron chi connectivity index (χ3n) is 5.62. The Hall–Kier alpha value is -3.75. The number of anilines is 1. The number of aryl methyl sites for hydroxylation is 1. The molecule has 0 spiro atoms. The summed E-state index contributed by atoms with van der Waals surface area (Å²) in [6.07, 6.45) is 2.56. The topological polar surface area (TPSA) is 84.9 Å². The number of imide groups is 1. The number of nitrogens with zero attached hydrogens (tertiary/aromatic N) is 1. The van der Waals surface area contributed by atoms with Gasteiger partial charge in [-0.1, -0.05) is 48.9 Å². The first kappa shape index (κ1) is 26.3. The fourth-order valence-electron chi connectivity index (χ4n) is 3.62. The number of nitrogens with one attached hydrogen (secondary N) is 1. The molecule has 1 aliphatic rings. The zero-order chi connectivity index (χ0) is 26.4. The van der Waals surface area contributed by atoms with E-state index in [-0.39, 0.29) is 30.2 Å². The maximum absolute atomic E-state index is 12.9. The zero-order valence-corrected chi connectivity index (χ0v) is 21.9. The van der Waals surface area contributed by atoms with Crippen molar-refractivity contribution in [3.63, 3.8) is 0 Å². The number of methoxy groups -OCH3 is 1. The second-order valence-electron chi connectivity index (χ2n) is 8.19. The molecular weight excluding hydrogens is 512 g/mol. The molecule has 3 amide bonds. The van der Waals surface area contributed by atoms with Crippen LogP contribution in [0.5, 0.6) is 11.5 Å². The van der Waals surface area contributed by atoms with E-state index < -0.39 is 0 Å². The number of ether oxygens (including phenoxy) is 2. The highest BCUT2D eigenvalue weighted by molar-refractivity contribution is 8.18. The second kappa shape index (κ2) is 12.0. The van der Waals surface area contributed by atoms with E-state index in [0.29, 0.717) is 32.7 Å². The summed E-state index contributed by atoms with van der Waals surface area (Å²) >= 11 is 6.79. The number of hydrogen-bond acceptors (Lipinski definition) is 6. The maximum atomic E-state index is 12.9. The van der Waals surface area contributed by atoms with Crippen molar-refractivity contribution in [2.75, 3.05) is 19.0 Å². The van der Waals surface area contributed by atoms with Gasteiger partial charge in [-0.05, 0) is 77.3 Å². The summed E-state index contributed by atoms with van der Waals surface area (Å²) in [6.45, 7) is 2.03. The van der Waals surface area contributed by atoms with Crippen LogP contribution in [0.3, 0.4) is 0 Å². The van der Waals surface area contributed by atoms with Gasteiger partial charge in [-0.25, -0.2) is 0 Å². The van der Waals surface area contributed by atoms with E-state index >= 15 is 0 Å². The minimum Gasteiger partial charge on any atom is -0.493 e. The highest BCUT2D eigenvalue weighted by Gasteiger charge is 2.35. The molecule has 0 bridgehead atoms. The van der Waals surface area contributed by atoms with E-state index in [0.717, 1.165) is 23.7 Å². The SMILES string of the molecule is CCc1ccc(NC(=O)COc2ccc(/C=C3\SC(=O)N(Cc4ccc(Cl)cc4)C3=O)cc2OC)cc1. The van der Waals surface area contributed by atoms with Crippen LogP contribution in [0.15, 0.2) is 71.6 Å². The Kier molecular flexibility index (Phi) is 8.53. The molecule has 0 unspecified atom stereocenters. The van der Waals surface area contributed by atoms with Gasteiger partial charge in [0.1, 0.15) is 0 Å². The molecule has 0 saturated carbocycles. The summed E-state index contributed by atoms with van der Waals surface area (Å²) in [5.41, 5.74) is 3.34. The monoisotopic (exact) mass is 536 g/mol. The lowest BCUT2D eigenvalue weighted by molar-refractivity contribution is -0.123. The quantitative estimate of drug-likeness (QED) is 0.329.